The highest BCUT2D eigenvalue weighted by Crippen LogP contribution is 2.56. The summed E-state index contributed by atoms with van der Waals surface area (Å²) in [7, 11) is 0. The standard InChI is InChI=1S/C13H22N2O/c14-13-6-4-12(10-13,5-7-13)11(16)15-8-2-1-3-9-15/h1-10,14H2. The fourth-order valence-electron chi connectivity index (χ4n) is 3.98. The van der Waals surface area contributed by atoms with E-state index in [0.29, 0.717) is 5.91 Å². The van der Waals surface area contributed by atoms with E-state index in [1.54, 1.807) is 0 Å². The second-order valence-corrected chi connectivity index (χ2v) is 6.17. The molecule has 0 aromatic heterocycles. The second-order valence-electron chi connectivity index (χ2n) is 6.17. The van der Waals surface area contributed by atoms with Gasteiger partial charge in [0.2, 0.25) is 5.91 Å². The van der Waals surface area contributed by atoms with Crippen molar-refractivity contribution in [3.8, 4) is 0 Å². The largest absolute Gasteiger partial charge is 0.342 e. The lowest BCUT2D eigenvalue weighted by Crippen LogP contribution is -2.44. The zero-order valence-corrected chi connectivity index (χ0v) is 10.0. The highest BCUT2D eigenvalue weighted by Gasteiger charge is 2.57. The van der Waals surface area contributed by atoms with Gasteiger partial charge in [0, 0.05) is 18.6 Å². The van der Waals surface area contributed by atoms with E-state index in [2.05, 4.69) is 4.90 Å². The minimum Gasteiger partial charge on any atom is -0.342 e. The number of nitrogens with zero attached hydrogens (tertiary/aromatic N) is 1. The summed E-state index contributed by atoms with van der Waals surface area (Å²) in [5.74, 6) is 0.428. The second kappa shape index (κ2) is 3.46. The maximum atomic E-state index is 12.6. The highest BCUT2D eigenvalue weighted by atomic mass is 16.2. The SMILES string of the molecule is NC12CCC(C(=O)N3CCCCC3)(CC1)C2. The summed E-state index contributed by atoms with van der Waals surface area (Å²) in [5, 5.41) is 0. The van der Waals surface area contributed by atoms with Crippen LogP contribution >= 0.6 is 0 Å². The van der Waals surface area contributed by atoms with Crippen LogP contribution in [0.3, 0.4) is 0 Å². The van der Waals surface area contributed by atoms with Crippen LogP contribution < -0.4 is 5.73 Å². The third-order valence-electron chi connectivity index (χ3n) is 4.99. The topological polar surface area (TPSA) is 46.3 Å². The van der Waals surface area contributed by atoms with Crippen molar-refractivity contribution in [2.45, 2.75) is 56.9 Å². The van der Waals surface area contributed by atoms with Crippen molar-refractivity contribution < 1.29 is 4.79 Å². The molecule has 3 fully saturated rings. The molecule has 1 amide bonds. The van der Waals surface area contributed by atoms with Gasteiger partial charge in [0.1, 0.15) is 0 Å². The molecule has 90 valence electrons. The minimum absolute atomic E-state index is 0.00540. The van der Waals surface area contributed by atoms with E-state index in [1.165, 1.54) is 19.3 Å². The molecular formula is C13H22N2O. The number of carbonyl (C=O) groups is 1. The summed E-state index contributed by atoms with van der Waals surface area (Å²) >= 11 is 0. The molecule has 3 rings (SSSR count). The Morgan fingerprint density at radius 3 is 2.12 bits per heavy atom. The monoisotopic (exact) mass is 222 g/mol. The fraction of sp³-hybridized carbons (Fsp3) is 0.923. The number of fused-ring (bicyclic) bond motifs is 2. The van der Waals surface area contributed by atoms with Crippen LogP contribution in [0.1, 0.15) is 51.4 Å². The van der Waals surface area contributed by atoms with Gasteiger partial charge < -0.3 is 10.6 Å². The number of likely N-dealkylation sites (tertiary alicyclic amines) is 1. The molecule has 2 N–H and O–H groups in total. The number of rotatable bonds is 1. The molecule has 16 heavy (non-hydrogen) atoms. The summed E-state index contributed by atoms with van der Waals surface area (Å²) in [6.07, 6.45) is 8.83. The van der Waals surface area contributed by atoms with Crippen molar-refractivity contribution >= 4 is 5.91 Å². The number of hydrogen-bond acceptors (Lipinski definition) is 2. The lowest BCUT2D eigenvalue weighted by molar-refractivity contribution is -0.142. The average molecular weight is 222 g/mol. The molecule has 3 aliphatic rings. The van der Waals surface area contributed by atoms with Crippen LogP contribution in [0.15, 0.2) is 0 Å². The van der Waals surface area contributed by atoms with Gasteiger partial charge in [-0.05, 0) is 51.4 Å². The fourth-order valence-corrected chi connectivity index (χ4v) is 3.98. The Hall–Kier alpha value is -0.570. The molecule has 1 heterocycles. The van der Waals surface area contributed by atoms with Crippen LogP contribution in [0, 0.1) is 5.41 Å². The third kappa shape index (κ3) is 1.48. The van der Waals surface area contributed by atoms with E-state index in [0.717, 1.165) is 45.2 Å². The molecule has 1 aliphatic heterocycles. The summed E-state index contributed by atoms with van der Waals surface area (Å²) in [6.45, 7) is 1.97. The molecule has 0 spiro atoms. The van der Waals surface area contributed by atoms with Gasteiger partial charge in [-0.3, -0.25) is 4.79 Å². The third-order valence-corrected chi connectivity index (χ3v) is 4.99. The summed E-state index contributed by atoms with van der Waals surface area (Å²) in [6, 6.07) is 0. The molecule has 2 bridgehead atoms. The van der Waals surface area contributed by atoms with Crippen molar-refractivity contribution in [2.75, 3.05) is 13.1 Å². The maximum Gasteiger partial charge on any atom is 0.228 e. The van der Waals surface area contributed by atoms with Crippen molar-refractivity contribution in [1.29, 1.82) is 0 Å². The molecule has 0 radical (unpaired) electrons. The number of carbonyl (C=O) groups excluding carboxylic acids is 1. The predicted octanol–water partition coefficient (Wildman–Crippen LogP) is 1.66. The number of piperidine rings is 1. The van der Waals surface area contributed by atoms with Gasteiger partial charge in [-0.1, -0.05) is 0 Å². The van der Waals surface area contributed by atoms with Crippen LogP contribution in [-0.4, -0.2) is 29.4 Å². The molecule has 0 aromatic rings. The highest BCUT2D eigenvalue weighted by molar-refractivity contribution is 5.84. The summed E-state index contributed by atoms with van der Waals surface area (Å²) in [4.78, 5) is 14.7. The van der Waals surface area contributed by atoms with Crippen LogP contribution in [0.4, 0.5) is 0 Å². The van der Waals surface area contributed by atoms with Crippen molar-refractivity contribution in [2.24, 2.45) is 11.1 Å². The van der Waals surface area contributed by atoms with E-state index < -0.39 is 0 Å². The minimum atomic E-state index is -0.0495. The quantitative estimate of drug-likeness (QED) is 0.733. The zero-order chi connectivity index (χ0) is 11.2. The molecule has 1 saturated heterocycles. The van der Waals surface area contributed by atoms with Crippen LogP contribution in [-0.2, 0) is 4.79 Å². The molecular weight excluding hydrogens is 200 g/mol. The normalized spacial score (nSPS) is 42.7. The first-order valence-electron chi connectivity index (χ1n) is 6.72. The first kappa shape index (κ1) is 10.6. The van der Waals surface area contributed by atoms with Crippen LogP contribution in [0.5, 0.6) is 0 Å². The van der Waals surface area contributed by atoms with Crippen molar-refractivity contribution in [3.63, 3.8) is 0 Å². The molecule has 0 atom stereocenters. The Kier molecular flexibility index (Phi) is 2.29. The van der Waals surface area contributed by atoms with E-state index in [-0.39, 0.29) is 11.0 Å². The van der Waals surface area contributed by atoms with Crippen molar-refractivity contribution in [3.05, 3.63) is 0 Å². The molecule has 2 saturated carbocycles. The molecule has 0 aromatic carbocycles. The predicted molar refractivity (Wildman–Crippen MR) is 62.9 cm³/mol. The van der Waals surface area contributed by atoms with Gasteiger partial charge in [-0.25, -0.2) is 0 Å². The van der Waals surface area contributed by atoms with Gasteiger partial charge in [-0.15, -0.1) is 0 Å². The first-order valence-corrected chi connectivity index (χ1v) is 6.72. The summed E-state index contributed by atoms with van der Waals surface area (Å²) in [5.41, 5.74) is 6.24. The molecule has 3 nitrogen and oxygen atoms in total. The first-order chi connectivity index (χ1) is 7.64. The molecule has 0 unspecified atom stereocenters. The maximum absolute atomic E-state index is 12.6. The van der Waals surface area contributed by atoms with E-state index in [9.17, 15) is 4.79 Å². The average Bonchev–Trinajstić information content (AvgIpc) is 2.84. The number of nitrogens with two attached hydrogens (primary N) is 1. The number of amides is 1. The Bertz CT molecular complexity index is 299. The van der Waals surface area contributed by atoms with Gasteiger partial charge in [0.15, 0.2) is 0 Å². The molecule has 3 heteroatoms. The van der Waals surface area contributed by atoms with Crippen LogP contribution in [0.2, 0.25) is 0 Å². The van der Waals surface area contributed by atoms with Gasteiger partial charge in [-0.2, -0.15) is 0 Å². The Morgan fingerprint density at radius 2 is 1.62 bits per heavy atom. The van der Waals surface area contributed by atoms with E-state index in [1.807, 2.05) is 0 Å². The summed E-state index contributed by atoms with van der Waals surface area (Å²) < 4.78 is 0. The van der Waals surface area contributed by atoms with Crippen LogP contribution in [0.25, 0.3) is 0 Å². The van der Waals surface area contributed by atoms with Gasteiger partial charge >= 0.3 is 0 Å². The Balaban J connectivity index is 1.75. The van der Waals surface area contributed by atoms with E-state index in [4.69, 9.17) is 5.73 Å². The van der Waals surface area contributed by atoms with Gasteiger partial charge in [0.25, 0.3) is 0 Å². The van der Waals surface area contributed by atoms with E-state index >= 15 is 0 Å². The lowest BCUT2D eigenvalue weighted by Gasteiger charge is -2.35. The van der Waals surface area contributed by atoms with Crippen molar-refractivity contribution in [1.82, 2.24) is 4.90 Å². The Morgan fingerprint density at radius 1 is 1.00 bits per heavy atom. The lowest BCUT2D eigenvalue weighted by atomic mass is 9.82. The van der Waals surface area contributed by atoms with Gasteiger partial charge in [0.05, 0.1) is 5.41 Å². The zero-order valence-electron chi connectivity index (χ0n) is 10.0. The number of hydrogen-bond donors (Lipinski definition) is 1. The Labute approximate surface area is 97.4 Å². The smallest absolute Gasteiger partial charge is 0.228 e. The molecule has 2 aliphatic carbocycles.